The predicted octanol–water partition coefficient (Wildman–Crippen LogP) is 3.04. The molecule has 0 N–H and O–H groups in total. The topological polar surface area (TPSA) is 47.5 Å². The second kappa shape index (κ2) is 7.59. The summed E-state index contributed by atoms with van der Waals surface area (Å²) in [6, 6.07) is 14.1. The van der Waals surface area contributed by atoms with Crippen LogP contribution in [0.4, 0.5) is 0 Å². The molecule has 3 aromatic rings. The van der Waals surface area contributed by atoms with E-state index in [1.54, 1.807) is 6.20 Å². The Kier molecular flexibility index (Phi) is 4.86. The van der Waals surface area contributed by atoms with Gasteiger partial charge in [0.2, 0.25) is 0 Å². The zero-order valence-electron chi connectivity index (χ0n) is 14.1. The standard InChI is InChI=1S/C20H21N3O2/c1-2-8-21-17(4-1)15-25-19-7-6-16(14-23-10-12-24-13-11-23)18-5-3-9-22-20(18)19/h1-9H,10-15H2. The molecular weight excluding hydrogens is 314 g/mol. The van der Waals surface area contributed by atoms with Gasteiger partial charge < -0.3 is 9.47 Å². The Hall–Kier alpha value is -2.50. The molecule has 0 unspecified atom stereocenters. The first kappa shape index (κ1) is 16.0. The van der Waals surface area contributed by atoms with Gasteiger partial charge in [0.1, 0.15) is 17.9 Å². The fourth-order valence-corrected chi connectivity index (χ4v) is 3.10. The third-order valence-corrected chi connectivity index (χ3v) is 4.42. The third-order valence-electron chi connectivity index (χ3n) is 4.42. The molecule has 1 aromatic carbocycles. The van der Waals surface area contributed by atoms with Gasteiger partial charge in [0.25, 0.3) is 0 Å². The van der Waals surface area contributed by atoms with Crippen LogP contribution in [0.3, 0.4) is 0 Å². The lowest BCUT2D eigenvalue weighted by atomic mass is 10.1. The summed E-state index contributed by atoms with van der Waals surface area (Å²) in [6.45, 7) is 4.91. The van der Waals surface area contributed by atoms with Crippen molar-refractivity contribution in [1.82, 2.24) is 14.9 Å². The molecule has 0 spiro atoms. The average molecular weight is 335 g/mol. The number of hydrogen-bond donors (Lipinski definition) is 0. The van der Waals surface area contributed by atoms with E-state index in [9.17, 15) is 0 Å². The summed E-state index contributed by atoms with van der Waals surface area (Å²) in [5.41, 5.74) is 3.09. The summed E-state index contributed by atoms with van der Waals surface area (Å²) in [4.78, 5) is 11.3. The normalized spacial score (nSPS) is 15.4. The molecule has 25 heavy (non-hydrogen) atoms. The minimum Gasteiger partial charge on any atom is -0.485 e. The van der Waals surface area contributed by atoms with Crippen molar-refractivity contribution in [3.63, 3.8) is 0 Å². The zero-order valence-corrected chi connectivity index (χ0v) is 14.1. The molecule has 1 saturated heterocycles. The Morgan fingerprint density at radius 3 is 2.68 bits per heavy atom. The quantitative estimate of drug-likeness (QED) is 0.717. The number of aromatic nitrogens is 2. The van der Waals surface area contributed by atoms with Gasteiger partial charge in [-0.25, -0.2) is 0 Å². The number of rotatable bonds is 5. The summed E-state index contributed by atoms with van der Waals surface area (Å²) in [6.07, 6.45) is 3.59. The predicted molar refractivity (Wildman–Crippen MR) is 96.4 cm³/mol. The molecule has 4 rings (SSSR count). The van der Waals surface area contributed by atoms with Gasteiger partial charge in [0, 0.05) is 37.4 Å². The fraction of sp³-hybridized carbons (Fsp3) is 0.300. The number of pyridine rings is 2. The van der Waals surface area contributed by atoms with Crippen LogP contribution in [-0.2, 0) is 17.9 Å². The molecule has 0 saturated carbocycles. The van der Waals surface area contributed by atoms with E-state index in [1.165, 1.54) is 5.56 Å². The summed E-state index contributed by atoms with van der Waals surface area (Å²) < 4.78 is 11.4. The van der Waals surface area contributed by atoms with Crippen LogP contribution in [0, 0.1) is 0 Å². The molecule has 0 aliphatic carbocycles. The Balaban J connectivity index is 1.57. The highest BCUT2D eigenvalue weighted by molar-refractivity contribution is 5.87. The molecule has 1 fully saturated rings. The van der Waals surface area contributed by atoms with Crippen molar-refractivity contribution >= 4 is 10.9 Å². The SMILES string of the molecule is c1ccc(COc2ccc(CN3CCOCC3)c3cccnc23)nc1. The van der Waals surface area contributed by atoms with Crippen molar-refractivity contribution < 1.29 is 9.47 Å². The van der Waals surface area contributed by atoms with Crippen LogP contribution in [0.25, 0.3) is 10.9 Å². The van der Waals surface area contributed by atoms with E-state index in [-0.39, 0.29) is 0 Å². The Morgan fingerprint density at radius 2 is 1.84 bits per heavy atom. The molecule has 128 valence electrons. The third kappa shape index (κ3) is 3.78. The maximum Gasteiger partial charge on any atom is 0.146 e. The molecule has 0 bridgehead atoms. The molecule has 2 aromatic heterocycles. The summed E-state index contributed by atoms with van der Waals surface area (Å²) in [5.74, 6) is 0.798. The summed E-state index contributed by atoms with van der Waals surface area (Å²) >= 11 is 0. The molecule has 5 nitrogen and oxygen atoms in total. The van der Waals surface area contributed by atoms with Crippen molar-refractivity contribution in [3.8, 4) is 5.75 Å². The minimum absolute atomic E-state index is 0.440. The van der Waals surface area contributed by atoms with Gasteiger partial charge in [-0.3, -0.25) is 14.9 Å². The Labute approximate surface area is 147 Å². The van der Waals surface area contributed by atoms with Crippen molar-refractivity contribution in [1.29, 1.82) is 0 Å². The molecule has 0 radical (unpaired) electrons. The van der Waals surface area contributed by atoms with Crippen molar-refractivity contribution in [2.75, 3.05) is 26.3 Å². The van der Waals surface area contributed by atoms with Crippen molar-refractivity contribution in [2.45, 2.75) is 13.2 Å². The van der Waals surface area contributed by atoms with Crippen LogP contribution < -0.4 is 4.74 Å². The van der Waals surface area contributed by atoms with Crippen LogP contribution in [0.15, 0.2) is 54.9 Å². The van der Waals surface area contributed by atoms with Gasteiger partial charge in [-0.15, -0.1) is 0 Å². The van der Waals surface area contributed by atoms with Crippen LogP contribution in [-0.4, -0.2) is 41.2 Å². The van der Waals surface area contributed by atoms with E-state index in [1.807, 2.05) is 36.5 Å². The van der Waals surface area contributed by atoms with Crippen LogP contribution in [0.1, 0.15) is 11.3 Å². The van der Waals surface area contributed by atoms with Gasteiger partial charge in [-0.05, 0) is 29.8 Å². The van der Waals surface area contributed by atoms with Crippen LogP contribution >= 0.6 is 0 Å². The van der Waals surface area contributed by atoms with E-state index in [0.29, 0.717) is 6.61 Å². The van der Waals surface area contributed by atoms with Gasteiger partial charge in [-0.2, -0.15) is 0 Å². The molecule has 0 amide bonds. The second-order valence-corrected chi connectivity index (χ2v) is 6.12. The lowest BCUT2D eigenvalue weighted by Gasteiger charge is -2.27. The lowest BCUT2D eigenvalue weighted by Crippen LogP contribution is -2.35. The van der Waals surface area contributed by atoms with E-state index in [2.05, 4.69) is 27.0 Å². The molecule has 0 atom stereocenters. The maximum absolute atomic E-state index is 5.99. The number of benzene rings is 1. The van der Waals surface area contributed by atoms with Crippen LogP contribution in [0.5, 0.6) is 5.75 Å². The maximum atomic E-state index is 5.99. The molecule has 1 aliphatic rings. The number of nitrogens with zero attached hydrogens (tertiary/aromatic N) is 3. The fourth-order valence-electron chi connectivity index (χ4n) is 3.10. The van der Waals surface area contributed by atoms with E-state index >= 15 is 0 Å². The molecular formula is C20H21N3O2. The number of hydrogen-bond acceptors (Lipinski definition) is 5. The van der Waals surface area contributed by atoms with Crippen LogP contribution in [0.2, 0.25) is 0 Å². The van der Waals surface area contributed by atoms with E-state index in [4.69, 9.17) is 9.47 Å². The zero-order chi connectivity index (χ0) is 16.9. The highest BCUT2D eigenvalue weighted by Gasteiger charge is 2.14. The number of fused-ring (bicyclic) bond motifs is 1. The minimum atomic E-state index is 0.440. The Morgan fingerprint density at radius 1 is 0.960 bits per heavy atom. The van der Waals surface area contributed by atoms with Crippen molar-refractivity contribution in [2.24, 2.45) is 0 Å². The monoisotopic (exact) mass is 335 g/mol. The van der Waals surface area contributed by atoms with Crippen molar-refractivity contribution in [3.05, 3.63) is 66.1 Å². The smallest absolute Gasteiger partial charge is 0.146 e. The van der Waals surface area contributed by atoms with E-state index < -0.39 is 0 Å². The number of morpholine rings is 1. The largest absolute Gasteiger partial charge is 0.485 e. The second-order valence-electron chi connectivity index (χ2n) is 6.12. The first-order valence-corrected chi connectivity index (χ1v) is 8.59. The highest BCUT2D eigenvalue weighted by Crippen LogP contribution is 2.28. The molecule has 1 aliphatic heterocycles. The van der Waals surface area contributed by atoms with Gasteiger partial charge in [-0.1, -0.05) is 18.2 Å². The first-order valence-electron chi connectivity index (χ1n) is 8.59. The average Bonchev–Trinajstić information content (AvgIpc) is 2.69. The Bertz CT molecular complexity index is 833. The van der Waals surface area contributed by atoms with E-state index in [0.717, 1.165) is 55.2 Å². The summed E-state index contributed by atoms with van der Waals surface area (Å²) in [5, 5.41) is 1.15. The molecule has 3 heterocycles. The number of ether oxygens (including phenoxy) is 2. The van der Waals surface area contributed by atoms with Gasteiger partial charge >= 0.3 is 0 Å². The highest BCUT2D eigenvalue weighted by atomic mass is 16.5. The lowest BCUT2D eigenvalue weighted by molar-refractivity contribution is 0.0343. The van der Waals surface area contributed by atoms with Gasteiger partial charge in [0.05, 0.1) is 18.9 Å². The summed E-state index contributed by atoms with van der Waals surface area (Å²) in [7, 11) is 0. The van der Waals surface area contributed by atoms with Gasteiger partial charge in [0.15, 0.2) is 0 Å². The molecule has 5 heteroatoms. The first-order chi connectivity index (χ1) is 12.4.